The van der Waals surface area contributed by atoms with Gasteiger partial charge in [0.05, 0.1) is 11.1 Å². The summed E-state index contributed by atoms with van der Waals surface area (Å²) in [4.78, 5) is 23.6. The minimum Gasteiger partial charge on any atom is -0.493 e. The van der Waals surface area contributed by atoms with Crippen molar-refractivity contribution in [1.29, 1.82) is 0 Å². The molecule has 0 aromatic heterocycles. The van der Waals surface area contributed by atoms with Gasteiger partial charge in [0.2, 0.25) is 5.91 Å². The molecule has 0 radical (unpaired) electrons. The van der Waals surface area contributed by atoms with E-state index in [9.17, 15) is 9.59 Å². The third kappa shape index (κ3) is 4.58. The molecule has 126 valence electrons. The Hall–Kier alpha value is -2.34. The molecular formula is C18H19BrN2O3. The fraction of sp³-hybridized carbons (Fsp3) is 0.222. The molecule has 24 heavy (non-hydrogen) atoms. The van der Waals surface area contributed by atoms with E-state index in [0.717, 1.165) is 10.0 Å². The summed E-state index contributed by atoms with van der Waals surface area (Å²) in [5, 5.41) is 5.57. The van der Waals surface area contributed by atoms with Gasteiger partial charge < -0.3 is 15.4 Å². The summed E-state index contributed by atoms with van der Waals surface area (Å²) >= 11 is 3.40. The highest BCUT2D eigenvalue weighted by Crippen LogP contribution is 2.27. The molecule has 2 amide bonds. The highest BCUT2D eigenvalue weighted by Gasteiger charge is 2.10. The van der Waals surface area contributed by atoms with Gasteiger partial charge in [-0.05, 0) is 65.7 Å². The number of nitrogens with one attached hydrogen (secondary N) is 2. The van der Waals surface area contributed by atoms with Crippen LogP contribution >= 0.6 is 15.9 Å². The third-order valence-electron chi connectivity index (χ3n) is 3.30. The Balaban J connectivity index is 2.17. The molecule has 0 aliphatic carbocycles. The van der Waals surface area contributed by atoms with E-state index in [1.165, 1.54) is 6.92 Å². The van der Waals surface area contributed by atoms with Crippen LogP contribution < -0.4 is 15.4 Å². The number of carbonyl (C=O) groups is 2. The Morgan fingerprint density at radius 3 is 2.50 bits per heavy atom. The Morgan fingerprint density at radius 1 is 1.12 bits per heavy atom. The average molecular weight is 391 g/mol. The van der Waals surface area contributed by atoms with Crippen LogP contribution in [0.2, 0.25) is 0 Å². The lowest BCUT2D eigenvalue weighted by atomic mass is 10.1. The van der Waals surface area contributed by atoms with Crippen LogP contribution in [0.4, 0.5) is 11.4 Å². The number of ether oxygens (including phenoxy) is 1. The Bertz CT molecular complexity index is 775. The van der Waals surface area contributed by atoms with Crippen molar-refractivity contribution in [3.05, 3.63) is 52.0 Å². The molecule has 2 N–H and O–H groups in total. The van der Waals surface area contributed by atoms with Gasteiger partial charge in [-0.2, -0.15) is 0 Å². The monoisotopic (exact) mass is 390 g/mol. The second-order valence-corrected chi connectivity index (χ2v) is 6.10. The van der Waals surface area contributed by atoms with E-state index in [1.54, 1.807) is 30.3 Å². The fourth-order valence-corrected chi connectivity index (χ4v) is 2.64. The molecule has 0 atom stereocenters. The lowest BCUT2D eigenvalue weighted by molar-refractivity contribution is -0.114. The van der Waals surface area contributed by atoms with E-state index >= 15 is 0 Å². The zero-order valence-electron chi connectivity index (χ0n) is 13.8. The first-order valence-corrected chi connectivity index (χ1v) is 8.32. The molecule has 0 saturated carbocycles. The number of carbonyl (C=O) groups excluding carboxylic acids is 2. The summed E-state index contributed by atoms with van der Waals surface area (Å²) in [6.45, 7) is 5.79. The third-order valence-corrected chi connectivity index (χ3v) is 3.92. The first kappa shape index (κ1) is 18.0. The smallest absolute Gasteiger partial charge is 0.255 e. The maximum atomic E-state index is 12.4. The van der Waals surface area contributed by atoms with Gasteiger partial charge in [-0.25, -0.2) is 0 Å². The summed E-state index contributed by atoms with van der Waals surface area (Å²) in [6.07, 6.45) is 0. The van der Waals surface area contributed by atoms with Crippen LogP contribution in [0.1, 0.15) is 29.8 Å². The highest BCUT2D eigenvalue weighted by molar-refractivity contribution is 9.10. The lowest BCUT2D eigenvalue weighted by Crippen LogP contribution is -2.13. The van der Waals surface area contributed by atoms with Crippen molar-refractivity contribution in [3.8, 4) is 5.75 Å². The van der Waals surface area contributed by atoms with E-state index in [4.69, 9.17) is 4.74 Å². The summed E-state index contributed by atoms with van der Waals surface area (Å²) < 4.78 is 6.16. The maximum absolute atomic E-state index is 12.4. The minimum absolute atomic E-state index is 0.156. The van der Waals surface area contributed by atoms with E-state index in [2.05, 4.69) is 26.6 Å². The first-order chi connectivity index (χ1) is 11.4. The quantitative estimate of drug-likeness (QED) is 0.796. The van der Waals surface area contributed by atoms with Crippen LogP contribution in [0.3, 0.4) is 0 Å². The molecular weight excluding hydrogens is 372 g/mol. The van der Waals surface area contributed by atoms with Crippen molar-refractivity contribution in [2.75, 3.05) is 17.2 Å². The summed E-state index contributed by atoms with van der Waals surface area (Å²) in [5.74, 6) is 0.297. The Labute approximate surface area is 149 Å². The number of benzene rings is 2. The summed E-state index contributed by atoms with van der Waals surface area (Å²) in [6, 6.07) is 10.5. The van der Waals surface area contributed by atoms with Crippen LogP contribution in [0.5, 0.6) is 5.75 Å². The number of anilines is 2. The molecule has 0 unspecified atom stereocenters. The van der Waals surface area contributed by atoms with Gasteiger partial charge in [-0.1, -0.05) is 6.07 Å². The molecule has 5 nitrogen and oxygen atoms in total. The molecule has 2 rings (SSSR count). The van der Waals surface area contributed by atoms with E-state index in [1.807, 2.05) is 19.9 Å². The minimum atomic E-state index is -0.239. The van der Waals surface area contributed by atoms with Crippen molar-refractivity contribution in [2.45, 2.75) is 20.8 Å². The average Bonchev–Trinajstić information content (AvgIpc) is 2.52. The summed E-state index contributed by atoms with van der Waals surface area (Å²) in [5.41, 5.74) is 2.71. The normalized spacial score (nSPS) is 10.2. The van der Waals surface area contributed by atoms with Crippen LogP contribution in [0, 0.1) is 6.92 Å². The molecule has 0 heterocycles. The van der Waals surface area contributed by atoms with Crippen LogP contribution in [0.25, 0.3) is 0 Å². The number of halogens is 1. The second kappa shape index (κ2) is 7.97. The highest BCUT2D eigenvalue weighted by atomic mass is 79.9. The van der Waals surface area contributed by atoms with Gasteiger partial charge in [-0.15, -0.1) is 0 Å². The Morgan fingerprint density at radius 2 is 1.88 bits per heavy atom. The number of hydrogen-bond acceptors (Lipinski definition) is 3. The molecule has 0 bridgehead atoms. The van der Waals surface area contributed by atoms with E-state index < -0.39 is 0 Å². The van der Waals surface area contributed by atoms with Crippen LogP contribution in [0.15, 0.2) is 40.9 Å². The molecule has 0 saturated heterocycles. The van der Waals surface area contributed by atoms with Crippen molar-refractivity contribution in [3.63, 3.8) is 0 Å². The van der Waals surface area contributed by atoms with Gasteiger partial charge in [0.1, 0.15) is 5.75 Å². The van der Waals surface area contributed by atoms with E-state index in [-0.39, 0.29) is 11.8 Å². The number of hydrogen-bond donors (Lipinski definition) is 2. The first-order valence-electron chi connectivity index (χ1n) is 7.52. The maximum Gasteiger partial charge on any atom is 0.255 e. The molecule has 0 spiro atoms. The van der Waals surface area contributed by atoms with Gasteiger partial charge in [0.15, 0.2) is 0 Å². The van der Waals surface area contributed by atoms with Crippen LogP contribution in [-0.4, -0.2) is 18.4 Å². The lowest BCUT2D eigenvalue weighted by Gasteiger charge is -2.11. The van der Waals surface area contributed by atoms with Crippen molar-refractivity contribution in [1.82, 2.24) is 0 Å². The zero-order valence-corrected chi connectivity index (χ0v) is 15.4. The predicted molar refractivity (Wildman–Crippen MR) is 98.7 cm³/mol. The molecule has 2 aromatic rings. The van der Waals surface area contributed by atoms with Gasteiger partial charge in [-0.3, -0.25) is 9.59 Å². The SMILES string of the molecule is CCOc1ccc(C(=O)Nc2ccc(C)c(NC(C)=O)c2)cc1Br. The topological polar surface area (TPSA) is 67.4 Å². The number of rotatable bonds is 5. The molecule has 0 fully saturated rings. The molecule has 6 heteroatoms. The fourth-order valence-electron chi connectivity index (χ4n) is 2.14. The van der Waals surface area contributed by atoms with Crippen LogP contribution in [-0.2, 0) is 4.79 Å². The molecule has 0 aliphatic heterocycles. The van der Waals surface area contributed by atoms with Gasteiger partial charge >= 0.3 is 0 Å². The molecule has 2 aromatic carbocycles. The second-order valence-electron chi connectivity index (χ2n) is 5.24. The van der Waals surface area contributed by atoms with E-state index in [0.29, 0.717) is 29.3 Å². The van der Waals surface area contributed by atoms with Gasteiger partial charge in [0, 0.05) is 23.9 Å². The number of aryl methyl sites for hydroxylation is 1. The van der Waals surface area contributed by atoms with Crippen molar-refractivity contribution < 1.29 is 14.3 Å². The largest absolute Gasteiger partial charge is 0.493 e. The van der Waals surface area contributed by atoms with Crippen molar-refractivity contribution in [2.24, 2.45) is 0 Å². The predicted octanol–water partition coefficient (Wildman–Crippen LogP) is 4.37. The molecule has 0 aliphatic rings. The number of amides is 2. The Kier molecular flexibility index (Phi) is 5.98. The standard InChI is InChI=1S/C18H19BrN2O3/c1-4-24-17-8-6-13(9-15(17)19)18(23)21-14-7-5-11(2)16(10-14)20-12(3)22/h5-10H,4H2,1-3H3,(H,20,22)(H,21,23). The van der Waals surface area contributed by atoms with Gasteiger partial charge in [0.25, 0.3) is 5.91 Å². The van der Waals surface area contributed by atoms with Crippen molar-refractivity contribution >= 4 is 39.1 Å². The summed E-state index contributed by atoms with van der Waals surface area (Å²) in [7, 11) is 0. The zero-order chi connectivity index (χ0) is 17.7.